The third-order valence-corrected chi connectivity index (χ3v) is 5.68. The van der Waals surface area contributed by atoms with Gasteiger partial charge in [-0.3, -0.25) is 0 Å². The highest BCUT2D eigenvalue weighted by molar-refractivity contribution is 5.86. The van der Waals surface area contributed by atoms with Gasteiger partial charge in [0.15, 0.2) is 0 Å². The average molecular weight is 423 g/mol. The molecule has 1 N–H and O–H groups in total. The minimum atomic E-state index is 0.635. The van der Waals surface area contributed by atoms with E-state index >= 15 is 0 Å². The van der Waals surface area contributed by atoms with Gasteiger partial charge < -0.3 is 5.32 Å². The third-order valence-electron chi connectivity index (χ3n) is 5.68. The molecule has 0 spiro atoms. The molecule has 0 saturated carbocycles. The minimum Gasteiger partial charge on any atom is -0.355 e. The number of nitrogens with one attached hydrogen (secondary N) is 1. The van der Waals surface area contributed by atoms with E-state index in [4.69, 9.17) is 0 Å². The Morgan fingerprint density at radius 3 is 1.82 bits per heavy atom. The molecule has 156 valence electrons. The van der Waals surface area contributed by atoms with Gasteiger partial charge in [0.25, 0.3) is 0 Å². The zero-order valence-electron chi connectivity index (χ0n) is 18.1. The Kier molecular flexibility index (Phi) is 5.70. The Hall–Kier alpha value is -4.61. The second-order valence-electron chi connectivity index (χ2n) is 7.89. The summed E-state index contributed by atoms with van der Waals surface area (Å²) in [4.78, 5) is 0. The standard InChI is InChI=1S/C31H22N2/c32-22-23-9-7-16-29(19-23)33-31-18-17-28(21-30(31)25-12-5-2-6-13-25)27-15-8-14-26(20-27)24-10-3-1-4-11-24/h1-21,33H. The first-order valence-electron chi connectivity index (χ1n) is 10.9. The summed E-state index contributed by atoms with van der Waals surface area (Å²) in [6.45, 7) is 0. The lowest BCUT2D eigenvalue weighted by atomic mass is 9.95. The van der Waals surface area contributed by atoms with Gasteiger partial charge in [0.2, 0.25) is 0 Å². The van der Waals surface area contributed by atoms with Crippen LogP contribution in [0.15, 0.2) is 127 Å². The van der Waals surface area contributed by atoms with Crippen molar-refractivity contribution in [3.63, 3.8) is 0 Å². The average Bonchev–Trinajstić information content (AvgIpc) is 2.90. The van der Waals surface area contributed by atoms with Crippen LogP contribution in [0.4, 0.5) is 11.4 Å². The van der Waals surface area contributed by atoms with E-state index in [1.807, 2.05) is 36.4 Å². The first-order chi connectivity index (χ1) is 16.3. The maximum absolute atomic E-state index is 9.25. The molecule has 0 aromatic heterocycles. The van der Waals surface area contributed by atoms with Crippen LogP contribution in [0, 0.1) is 11.3 Å². The van der Waals surface area contributed by atoms with Crippen molar-refractivity contribution in [1.82, 2.24) is 0 Å². The zero-order valence-corrected chi connectivity index (χ0v) is 18.1. The summed E-state index contributed by atoms with van der Waals surface area (Å²) < 4.78 is 0. The van der Waals surface area contributed by atoms with E-state index in [-0.39, 0.29) is 0 Å². The van der Waals surface area contributed by atoms with Gasteiger partial charge in [0, 0.05) is 16.9 Å². The molecule has 0 aliphatic rings. The Labute approximate surface area is 194 Å². The quantitative estimate of drug-likeness (QED) is 0.309. The molecule has 0 saturated heterocycles. The molecule has 0 amide bonds. The van der Waals surface area contributed by atoms with Crippen molar-refractivity contribution in [1.29, 1.82) is 5.26 Å². The number of hydrogen-bond donors (Lipinski definition) is 1. The second-order valence-corrected chi connectivity index (χ2v) is 7.89. The smallest absolute Gasteiger partial charge is 0.0992 e. The summed E-state index contributed by atoms with van der Waals surface area (Å²) in [7, 11) is 0. The molecule has 5 rings (SSSR count). The molecule has 5 aromatic carbocycles. The predicted molar refractivity (Wildman–Crippen MR) is 137 cm³/mol. The van der Waals surface area contributed by atoms with Crippen molar-refractivity contribution < 1.29 is 0 Å². The molecule has 0 unspecified atom stereocenters. The van der Waals surface area contributed by atoms with Crippen molar-refractivity contribution in [3.8, 4) is 39.4 Å². The Balaban J connectivity index is 1.58. The molecular weight excluding hydrogens is 400 g/mol. The molecular formula is C31H22N2. The molecule has 0 atom stereocenters. The Morgan fingerprint density at radius 1 is 0.485 bits per heavy atom. The summed E-state index contributed by atoms with van der Waals surface area (Å²) in [6, 6.07) is 45.7. The molecule has 0 fully saturated rings. The van der Waals surface area contributed by atoms with Crippen molar-refractivity contribution in [2.24, 2.45) is 0 Å². The molecule has 0 bridgehead atoms. The minimum absolute atomic E-state index is 0.635. The van der Waals surface area contributed by atoms with Crippen molar-refractivity contribution >= 4 is 11.4 Å². The summed E-state index contributed by atoms with van der Waals surface area (Å²) in [6.07, 6.45) is 0. The molecule has 0 radical (unpaired) electrons. The highest BCUT2D eigenvalue weighted by atomic mass is 14.9. The first-order valence-corrected chi connectivity index (χ1v) is 10.9. The largest absolute Gasteiger partial charge is 0.355 e. The fraction of sp³-hybridized carbons (Fsp3) is 0. The van der Waals surface area contributed by atoms with E-state index in [0.29, 0.717) is 5.56 Å². The number of hydrogen-bond acceptors (Lipinski definition) is 2. The molecule has 5 aromatic rings. The van der Waals surface area contributed by atoms with Crippen molar-refractivity contribution in [2.45, 2.75) is 0 Å². The van der Waals surface area contributed by atoms with Gasteiger partial charge in [-0.25, -0.2) is 0 Å². The molecule has 0 aliphatic carbocycles. The van der Waals surface area contributed by atoms with E-state index < -0.39 is 0 Å². The number of anilines is 2. The third kappa shape index (κ3) is 4.54. The van der Waals surface area contributed by atoms with Gasteiger partial charge in [0.05, 0.1) is 11.6 Å². The summed E-state index contributed by atoms with van der Waals surface area (Å²) in [5.74, 6) is 0. The van der Waals surface area contributed by atoms with Crippen LogP contribution in [0.25, 0.3) is 33.4 Å². The maximum atomic E-state index is 9.25. The maximum Gasteiger partial charge on any atom is 0.0992 e. The van der Waals surface area contributed by atoms with E-state index in [1.54, 1.807) is 0 Å². The van der Waals surface area contributed by atoms with Crippen molar-refractivity contribution in [2.75, 3.05) is 5.32 Å². The normalized spacial score (nSPS) is 10.4. The lowest BCUT2D eigenvalue weighted by molar-refractivity contribution is 1.47. The first kappa shape index (κ1) is 20.3. The lowest BCUT2D eigenvalue weighted by Crippen LogP contribution is -1.95. The second kappa shape index (κ2) is 9.26. The van der Waals surface area contributed by atoms with Gasteiger partial charge >= 0.3 is 0 Å². The predicted octanol–water partition coefficient (Wildman–Crippen LogP) is 8.30. The zero-order chi connectivity index (χ0) is 22.5. The fourth-order valence-electron chi connectivity index (χ4n) is 4.02. The fourth-order valence-corrected chi connectivity index (χ4v) is 4.02. The van der Waals surface area contributed by atoms with Crippen LogP contribution in [0.3, 0.4) is 0 Å². The summed E-state index contributed by atoms with van der Waals surface area (Å²) in [5, 5.41) is 12.8. The molecule has 0 aliphatic heterocycles. The van der Waals surface area contributed by atoms with Crippen LogP contribution in [-0.4, -0.2) is 0 Å². The number of rotatable bonds is 5. The molecule has 2 nitrogen and oxygen atoms in total. The van der Waals surface area contributed by atoms with Crippen LogP contribution < -0.4 is 5.32 Å². The van der Waals surface area contributed by atoms with Crippen LogP contribution in [-0.2, 0) is 0 Å². The number of nitriles is 1. The van der Waals surface area contributed by atoms with E-state index in [0.717, 1.165) is 28.1 Å². The Bertz CT molecular complexity index is 1430. The monoisotopic (exact) mass is 422 g/mol. The number of nitrogens with zero attached hydrogens (tertiary/aromatic N) is 1. The van der Waals surface area contributed by atoms with Crippen molar-refractivity contribution in [3.05, 3.63) is 133 Å². The van der Waals surface area contributed by atoms with Gasteiger partial charge in [-0.15, -0.1) is 0 Å². The van der Waals surface area contributed by atoms with Gasteiger partial charge in [-0.2, -0.15) is 5.26 Å². The van der Waals surface area contributed by atoms with E-state index in [9.17, 15) is 5.26 Å². The van der Waals surface area contributed by atoms with Crippen LogP contribution in [0.2, 0.25) is 0 Å². The highest BCUT2D eigenvalue weighted by Crippen LogP contribution is 2.35. The SMILES string of the molecule is N#Cc1cccc(Nc2ccc(-c3cccc(-c4ccccc4)c3)cc2-c2ccccc2)c1. The number of benzene rings is 5. The Morgan fingerprint density at radius 2 is 1.09 bits per heavy atom. The summed E-state index contributed by atoms with van der Waals surface area (Å²) >= 11 is 0. The molecule has 0 heterocycles. The topological polar surface area (TPSA) is 35.8 Å². The van der Waals surface area contributed by atoms with E-state index in [2.05, 4.69) is 102 Å². The van der Waals surface area contributed by atoms with Crippen LogP contribution in [0.5, 0.6) is 0 Å². The summed E-state index contributed by atoms with van der Waals surface area (Å²) in [5.41, 5.74) is 9.51. The van der Waals surface area contributed by atoms with Gasteiger partial charge in [-0.1, -0.05) is 91.0 Å². The van der Waals surface area contributed by atoms with Crippen LogP contribution >= 0.6 is 0 Å². The molecule has 2 heteroatoms. The van der Waals surface area contributed by atoms with Crippen LogP contribution in [0.1, 0.15) is 5.56 Å². The lowest BCUT2D eigenvalue weighted by Gasteiger charge is -2.15. The van der Waals surface area contributed by atoms with Gasteiger partial charge in [0.1, 0.15) is 0 Å². The highest BCUT2D eigenvalue weighted by Gasteiger charge is 2.10. The molecule has 33 heavy (non-hydrogen) atoms. The van der Waals surface area contributed by atoms with E-state index in [1.165, 1.54) is 16.7 Å². The van der Waals surface area contributed by atoms with Gasteiger partial charge in [-0.05, 0) is 64.2 Å².